The third-order valence-corrected chi connectivity index (χ3v) is 3.90. The monoisotopic (exact) mass is 209 g/mol. The van der Waals surface area contributed by atoms with Crippen molar-refractivity contribution < 1.29 is 4.11 Å². The highest BCUT2D eigenvalue weighted by Gasteiger charge is 2.19. The van der Waals surface area contributed by atoms with Gasteiger partial charge in [-0.05, 0) is 45.4 Å². The van der Waals surface area contributed by atoms with E-state index in [1.165, 1.54) is 0 Å². The van der Waals surface area contributed by atoms with Crippen molar-refractivity contribution in [3.05, 3.63) is 0 Å². The van der Waals surface area contributed by atoms with Gasteiger partial charge in [-0.3, -0.25) is 4.90 Å². The molecule has 0 heterocycles. The van der Waals surface area contributed by atoms with Crippen LogP contribution in [0.1, 0.15) is 6.42 Å². The third-order valence-electron chi connectivity index (χ3n) is 1.66. The molecule has 0 saturated carbocycles. The minimum absolute atomic E-state index is 0.797. The Kier molecular flexibility index (Phi) is 6.22. The normalized spacial score (nSPS) is 12.5. The number of hydrogen-bond acceptors (Lipinski definition) is 2. The van der Waals surface area contributed by atoms with Crippen molar-refractivity contribution in [2.45, 2.75) is 25.6 Å². The van der Waals surface area contributed by atoms with Crippen LogP contribution in [-0.2, 0) is 0 Å². The first-order valence-electron chi connectivity index (χ1n) is 4.32. The highest BCUT2D eigenvalue weighted by molar-refractivity contribution is 7.98. The fraction of sp³-hybridized carbons (Fsp3) is 1.00. The first kappa shape index (κ1) is 12.5. The molecule has 0 radical (unpaired) electrons. The van der Waals surface area contributed by atoms with Crippen LogP contribution in [0.15, 0.2) is 0 Å². The van der Waals surface area contributed by atoms with Crippen LogP contribution in [0.4, 0.5) is 4.11 Å². The quantitative estimate of drug-likeness (QED) is 0.376. The van der Waals surface area contributed by atoms with Crippen LogP contribution < -0.4 is 0 Å². The lowest BCUT2D eigenvalue weighted by atomic mass is 10.5. The van der Waals surface area contributed by atoms with Crippen molar-refractivity contribution in [3.8, 4) is 0 Å². The van der Waals surface area contributed by atoms with Crippen molar-refractivity contribution in [3.63, 3.8) is 0 Å². The van der Waals surface area contributed by atoms with E-state index in [0.29, 0.717) is 0 Å². The van der Waals surface area contributed by atoms with Gasteiger partial charge in [0.1, 0.15) is 0 Å². The van der Waals surface area contributed by atoms with Gasteiger partial charge in [0.25, 0.3) is 0 Å². The molecule has 0 saturated heterocycles. The Bertz CT molecular complexity index is 116. The molecule has 0 atom stereocenters. The molecule has 0 aromatic heterocycles. The Morgan fingerprint density at radius 1 is 1.42 bits per heavy atom. The Labute approximate surface area is 80.9 Å². The molecule has 12 heavy (non-hydrogen) atoms. The average Bonchev–Trinajstić information content (AvgIpc) is 1.84. The van der Waals surface area contributed by atoms with Crippen molar-refractivity contribution in [1.82, 2.24) is 4.90 Å². The smallest absolute Gasteiger partial charge is 0.241 e. The number of hydrogen-bond donors (Lipinski definition) is 0. The van der Waals surface area contributed by atoms with Gasteiger partial charge in [0.15, 0.2) is 0 Å². The van der Waals surface area contributed by atoms with E-state index in [1.54, 1.807) is 13.1 Å². The summed E-state index contributed by atoms with van der Waals surface area (Å²) in [5.74, 6) is 1.05. The molecule has 0 unspecified atom stereocenters. The molecule has 0 aromatic rings. The summed E-state index contributed by atoms with van der Waals surface area (Å²) in [6.45, 7) is 4.59. The summed E-state index contributed by atoms with van der Waals surface area (Å²) in [5.41, 5.74) is 0. The third kappa shape index (κ3) is 8.55. The van der Waals surface area contributed by atoms with E-state index in [2.05, 4.69) is 18.2 Å². The fourth-order valence-corrected chi connectivity index (χ4v) is 2.62. The van der Waals surface area contributed by atoms with E-state index in [4.69, 9.17) is 0 Å². The van der Waals surface area contributed by atoms with Gasteiger partial charge in [-0.25, -0.2) is 0 Å². The van der Waals surface area contributed by atoms with Gasteiger partial charge in [-0.2, -0.15) is 0 Å². The molecule has 0 aromatic carbocycles. The lowest BCUT2D eigenvalue weighted by molar-refractivity contribution is 0.391. The highest BCUT2D eigenvalue weighted by Crippen LogP contribution is 2.13. The summed E-state index contributed by atoms with van der Waals surface area (Å²) < 4.78 is 13.1. The molecule has 0 bridgehead atoms. The Balaban J connectivity index is 3.31. The molecule has 74 valence electrons. The predicted molar refractivity (Wildman–Crippen MR) is 59.0 cm³/mol. The molecule has 0 N–H and O–H groups in total. The highest BCUT2D eigenvalue weighted by atomic mass is 32.2. The second kappa shape index (κ2) is 5.99. The predicted octanol–water partition coefficient (Wildman–Crippen LogP) is 2.80. The van der Waals surface area contributed by atoms with Crippen molar-refractivity contribution in [1.29, 1.82) is 0 Å². The molecule has 0 aliphatic heterocycles. The lowest BCUT2D eigenvalue weighted by Crippen LogP contribution is -2.23. The largest absolute Gasteiger partial charge is 0.314 e. The van der Waals surface area contributed by atoms with E-state index in [0.717, 1.165) is 24.9 Å². The molecule has 0 aliphatic carbocycles. The zero-order valence-electron chi connectivity index (χ0n) is 8.56. The maximum absolute atomic E-state index is 13.1. The number of halogens is 1. The summed E-state index contributed by atoms with van der Waals surface area (Å²) in [6.07, 6.45) is 3.09. The van der Waals surface area contributed by atoms with Crippen LogP contribution in [0.3, 0.4) is 0 Å². The SMILES string of the molecule is CSCN(C)CCC[Si](C)(C)F. The van der Waals surface area contributed by atoms with Gasteiger partial charge < -0.3 is 4.11 Å². The zero-order chi connectivity index (χ0) is 9.61. The molecule has 0 spiro atoms. The van der Waals surface area contributed by atoms with Gasteiger partial charge in [-0.15, -0.1) is 11.8 Å². The second-order valence-corrected chi connectivity index (χ2v) is 8.59. The minimum Gasteiger partial charge on any atom is -0.314 e. The van der Waals surface area contributed by atoms with Crippen molar-refractivity contribution in [2.24, 2.45) is 0 Å². The molecule has 0 aliphatic rings. The van der Waals surface area contributed by atoms with Crippen molar-refractivity contribution >= 4 is 20.2 Å². The lowest BCUT2D eigenvalue weighted by Gasteiger charge is -2.16. The standard InChI is InChI=1S/C8H20FNSSi/c1-10(8-11-2)6-5-7-12(3,4)9/h5-8H2,1-4H3. The maximum Gasteiger partial charge on any atom is 0.241 e. The van der Waals surface area contributed by atoms with Gasteiger partial charge in [0, 0.05) is 5.88 Å². The van der Waals surface area contributed by atoms with E-state index in [-0.39, 0.29) is 0 Å². The fourth-order valence-electron chi connectivity index (χ4n) is 1.05. The van der Waals surface area contributed by atoms with Crippen molar-refractivity contribution in [2.75, 3.05) is 25.7 Å². The van der Waals surface area contributed by atoms with Crippen LogP contribution in [-0.4, -0.2) is 39.0 Å². The van der Waals surface area contributed by atoms with Crippen LogP contribution in [0.25, 0.3) is 0 Å². The first-order valence-corrected chi connectivity index (χ1v) is 8.80. The van der Waals surface area contributed by atoms with Gasteiger partial charge in [0.05, 0.1) is 0 Å². The van der Waals surface area contributed by atoms with Crippen LogP contribution in [0.2, 0.25) is 19.1 Å². The maximum atomic E-state index is 13.1. The van der Waals surface area contributed by atoms with Crippen LogP contribution in [0, 0.1) is 0 Å². The summed E-state index contributed by atoms with van der Waals surface area (Å²) in [6, 6.07) is 0.797. The molecular weight excluding hydrogens is 189 g/mol. The average molecular weight is 209 g/mol. The molecule has 0 rings (SSSR count). The number of rotatable bonds is 6. The van der Waals surface area contributed by atoms with Gasteiger partial charge >= 0.3 is 0 Å². The molecule has 1 nitrogen and oxygen atoms in total. The second-order valence-electron chi connectivity index (χ2n) is 3.82. The summed E-state index contributed by atoms with van der Waals surface area (Å²) in [4.78, 5) is 2.24. The first-order chi connectivity index (χ1) is 5.45. The Morgan fingerprint density at radius 3 is 2.42 bits per heavy atom. The summed E-state index contributed by atoms with van der Waals surface area (Å²) in [7, 11) is -0.194. The number of nitrogens with zero attached hydrogens (tertiary/aromatic N) is 1. The Hall–Kier alpha value is 0.457. The van der Waals surface area contributed by atoms with E-state index >= 15 is 0 Å². The zero-order valence-corrected chi connectivity index (χ0v) is 10.4. The van der Waals surface area contributed by atoms with E-state index < -0.39 is 8.41 Å². The minimum atomic E-state index is -2.28. The molecule has 4 heteroatoms. The van der Waals surface area contributed by atoms with Gasteiger partial charge in [-0.1, -0.05) is 0 Å². The number of thioether (sulfide) groups is 1. The topological polar surface area (TPSA) is 3.24 Å². The molecular formula is C8H20FNSSi. The van der Waals surface area contributed by atoms with Crippen LogP contribution in [0.5, 0.6) is 0 Å². The molecule has 0 amide bonds. The summed E-state index contributed by atoms with van der Waals surface area (Å²) >= 11 is 1.81. The van der Waals surface area contributed by atoms with E-state index in [9.17, 15) is 4.11 Å². The summed E-state index contributed by atoms with van der Waals surface area (Å²) in [5, 5.41) is 0. The van der Waals surface area contributed by atoms with Crippen LogP contribution >= 0.6 is 11.8 Å². The van der Waals surface area contributed by atoms with Gasteiger partial charge in [0.2, 0.25) is 8.41 Å². The van der Waals surface area contributed by atoms with E-state index in [1.807, 2.05) is 11.8 Å². The molecule has 0 fully saturated rings. The Morgan fingerprint density at radius 2 is 2.00 bits per heavy atom.